The Labute approximate surface area is 177 Å². The molecular formula is C19H15Br2NO6. The standard InChI is InChI=1S/C19H15Br2NO6/c1-25-14-6-10(7-15(26-2)17(14)27-3)18-22-13(19(24)28-18)5-9-4-11(20)8-12(21)16(9)23/h4-8,23H,1-3H3/b13-5+. The molecule has 1 aliphatic heterocycles. The fourth-order valence-corrected chi connectivity index (χ4v) is 3.84. The van der Waals surface area contributed by atoms with Crippen LogP contribution in [-0.2, 0) is 9.53 Å². The number of benzene rings is 2. The Bertz CT molecular complexity index is 991. The fourth-order valence-electron chi connectivity index (χ4n) is 2.58. The lowest BCUT2D eigenvalue weighted by Crippen LogP contribution is -2.06. The number of carbonyl (C=O) groups excluding carboxylic acids is 1. The number of methoxy groups -OCH3 is 3. The average molecular weight is 513 g/mol. The Morgan fingerprint density at radius 2 is 1.68 bits per heavy atom. The molecular weight excluding hydrogens is 498 g/mol. The van der Waals surface area contributed by atoms with E-state index in [1.165, 1.54) is 27.4 Å². The summed E-state index contributed by atoms with van der Waals surface area (Å²) in [6.07, 6.45) is 1.44. The van der Waals surface area contributed by atoms with Crippen LogP contribution >= 0.6 is 31.9 Å². The first-order valence-electron chi connectivity index (χ1n) is 7.89. The van der Waals surface area contributed by atoms with Crippen molar-refractivity contribution in [3.63, 3.8) is 0 Å². The summed E-state index contributed by atoms with van der Waals surface area (Å²) in [5.41, 5.74) is 0.929. The van der Waals surface area contributed by atoms with Crippen molar-refractivity contribution in [2.24, 2.45) is 4.99 Å². The highest BCUT2D eigenvalue weighted by Crippen LogP contribution is 2.39. The molecule has 2 aromatic carbocycles. The zero-order valence-electron chi connectivity index (χ0n) is 15.1. The molecule has 1 N–H and O–H groups in total. The van der Waals surface area contributed by atoms with E-state index in [-0.39, 0.29) is 17.3 Å². The van der Waals surface area contributed by atoms with Crippen molar-refractivity contribution in [1.82, 2.24) is 0 Å². The van der Waals surface area contributed by atoms with E-state index in [9.17, 15) is 9.90 Å². The van der Waals surface area contributed by atoms with Crippen LogP contribution < -0.4 is 14.2 Å². The summed E-state index contributed by atoms with van der Waals surface area (Å²) in [5, 5.41) is 10.2. The Balaban J connectivity index is 2.06. The summed E-state index contributed by atoms with van der Waals surface area (Å²) in [6.45, 7) is 0. The zero-order valence-corrected chi connectivity index (χ0v) is 18.3. The van der Waals surface area contributed by atoms with Crippen molar-refractivity contribution in [3.8, 4) is 23.0 Å². The van der Waals surface area contributed by atoms with E-state index in [2.05, 4.69) is 36.9 Å². The van der Waals surface area contributed by atoms with Gasteiger partial charge in [0.2, 0.25) is 11.6 Å². The average Bonchev–Trinajstić information content (AvgIpc) is 3.04. The molecule has 7 nitrogen and oxygen atoms in total. The third-order valence-electron chi connectivity index (χ3n) is 3.88. The molecule has 3 rings (SSSR count). The molecule has 146 valence electrons. The molecule has 0 saturated carbocycles. The first kappa shape index (κ1) is 20.2. The smallest absolute Gasteiger partial charge is 0.363 e. The van der Waals surface area contributed by atoms with Gasteiger partial charge in [0.25, 0.3) is 0 Å². The summed E-state index contributed by atoms with van der Waals surface area (Å²) in [7, 11) is 4.47. The Kier molecular flexibility index (Phi) is 5.95. The largest absolute Gasteiger partial charge is 0.506 e. The maximum atomic E-state index is 12.3. The molecule has 0 radical (unpaired) electrons. The number of esters is 1. The number of phenols is 1. The van der Waals surface area contributed by atoms with Crippen molar-refractivity contribution in [1.29, 1.82) is 0 Å². The van der Waals surface area contributed by atoms with Gasteiger partial charge in [0.1, 0.15) is 5.75 Å². The van der Waals surface area contributed by atoms with Gasteiger partial charge in [0.05, 0.1) is 25.8 Å². The van der Waals surface area contributed by atoms with Gasteiger partial charge in [-0.3, -0.25) is 0 Å². The Morgan fingerprint density at radius 3 is 2.25 bits per heavy atom. The molecule has 0 aromatic heterocycles. The number of carbonyl (C=O) groups is 1. The molecule has 0 unspecified atom stereocenters. The van der Waals surface area contributed by atoms with Gasteiger partial charge in [-0.1, -0.05) is 15.9 Å². The highest BCUT2D eigenvalue weighted by atomic mass is 79.9. The monoisotopic (exact) mass is 511 g/mol. The quantitative estimate of drug-likeness (QED) is 0.475. The van der Waals surface area contributed by atoms with E-state index in [0.29, 0.717) is 32.8 Å². The number of cyclic esters (lactones) is 1. The van der Waals surface area contributed by atoms with Gasteiger partial charge in [-0.2, -0.15) is 0 Å². The number of aliphatic imine (C=N–C) groups is 1. The molecule has 28 heavy (non-hydrogen) atoms. The third-order valence-corrected chi connectivity index (χ3v) is 4.94. The number of nitrogens with zero attached hydrogens (tertiary/aromatic N) is 1. The second-order valence-electron chi connectivity index (χ2n) is 5.58. The van der Waals surface area contributed by atoms with Crippen LogP contribution in [0.1, 0.15) is 11.1 Å². The number of hydrogen-bond donors (Lipinski definition) is 1. The van der Waals surface area contributed by atoms with Crippen LogP contribution in [0.2, 0.25) is 0 Å². The molecule has 0 atom stereocenters. The number of phenolic OH excluding ortho intramolecular Hbond substituents is 1. The molecule has 1 aliphatic rings. The summed E-state index contributed by atoms with van der Waals surface area (Å²) >= 11 is 6.60. The van der Waals surface area contributed by atoms with E-state index in [0.717, 1.165) is 4.47 Å². The normalized spacial score (nSPS) is 14.7. The predicted octanol–water partition coefficient (Wildman–Crippen LogP) is 4.29. The van der Waals surface area contributed by atoms with E-state index in [1.807, 2.05) is 0 Å². The minimum absolute atomic E-state index is 0.0139. The van der Waals surface area contributed by atoms with Crippen molar-refractivity contribution >= 4 is 49.8 Å². The number of aromatic hydroxyl groups is 1. The number of ether oxygens (including phenoxy) is 4. The number of rotatable bonds is 5. The second-order valence-corrected chi connectivity index (χ2v) is 7.35. The highest BCUT2D eigenvalue weighted by molar-refractivity contribution is 9.11. The van der Waals surface area contributed by atoms with Crippen molar-refractivity contribution in [2.45, 2.75) is 0 Å². The maximum Gasteiger partial charge on any atom is 0.363 e. The minimum Gasteiger partial charge on any atom is -0.506 e. The molecule has 9 heteroatoms. The molecule has 0 fully saturated rings. The van der Waals surface area contributed by atoms with Gasteiger partial charge < -0.3 is 24.1 Å². The van der Waals surface area contributed by atoms with E-state index >= 15 is 0 Å². The maximum absolute atomic E-state index is 12.3. The summed E-state index contributed by atoms with van der Waals surface area (Å²) in [6, 6.07) is 6.61. The van der Waals surface area contributed by atoms with Gasteiger partial charge in [-0.15, -0.1) is 0 Å². The van der Waals surface area contributed by atoms with Crippen LogP contribution in [0.4, 0.5) is 0 Å². The van der Waals surface area contributed by atoms with Gasteiger partial charge in [0.15, 0.2) is 17.2 Å². The van der Waals surface area contributed by atoms with Crippen LogP contribution in [0, 0.1) is 0 Å². The summed E-state index contributed by atoms with van der Waals surface area (Å²) in [5.74, 6) is 0.657. The third kappa shape index (κ3) is 3.85. The number of hydrogen-bond acceptors (Lipinski definition) is 7. The fraction of sp³-hybridized carbons (Fsp3) is 0.158. The van der Waals surface area contributed by atoms with E-state index in [4.69, 9.17) is 18.9 Å². The summed E-state index contributed by atoms with van der Waals surface area (Å²) < 4.78 is 22.4. The van der Waals surface area contributed by atoms with Crippen molar-refractivity contribution < 1.29 is 28.8 Å². The first-order valence-corrected chi connectivity index (χ1v) is 9.47. The Morgan fingerprint density at radius 1 is 1.04 bits per heavy atom. The van der Waals surface area contributed by atoms with E-state index < -0.39 is 5.97 Å². The first-order chi connectivity index (χ1) is 13.4. The van der Waals surface area contributed by atoms with Gasteiger partial charge in [-0.25, -0.2) is 9.79 Å². The SMILES string of the molecule is COc1cc(C2=N/C(=C/c3cc(Br)cc(Br)c3O)C(=O)O2)cc(OC)c1OC. The second kappa shape index (κ2) is 8.24. The highest BCUT2D eigenvalue weighted by Gasteiger charge is 2.27. The Hall–Kier alpha value is -2.52. The van der Waals surface area contributed by atoms with Crippen LogP contribution in [0.15, 0.2) is 43.9 Å². The zero-order chi connectivity index (χ0) is 20.4. The van der Waals surface area contributed by atoms with Crippen molar-refractivity contribution in [2.75, 3.05) is 21.3 Å². The molecule has 0 aliphatic carbocycles. The molecule has 0 spiro atoms. The van der Waals surface area contributed by atoms with Crippen LogP contribution in [0.5, 0.6) is 23.0 Å². The minimum atomic E-state index is -0.640. The lowest BCUT2D eigenvalue weighted by Gasteiger charge is -2.13. The number of halogens is 2. The molecule has 0 bridgehead atoms. The molecule has 1 heterocycles. The van der Waals surface area contributed by atoms with Crippen molar-refractivity contribution in [3.05, 3.63) is 50.0 Å². The lowest BCUT2D eigenvalue weighted by molar-refractivity contribution is -0.129. The predicted molar refractivity (Wildman–Crippen MR) is 110 cm³/mol. The van der Waals surface area contributed by atoms with Gasteiger partial charge >= 0.3 is 5.97 Å². The van der Waals surface area contributed by atoms with Gasteiger partial charge in [0, 0.05) is 15.6 Å². The summed E-state index contributed by atoms with van der Waals surface area (Å²) in [4.78, 5) is 16.5. The topological polar surface area (TPSA) is 86.6 Å². The molecule has 0 amide bonds. The van der Waals surface area contributed by atoms with E-state index in [1.54, 1.807) is 24.3 Å². The van der Waals surface area contributed by atoms with Crippen LogP contribution in [0.3, 0.4) is 0 Å². The van der Waals surface area contributed by atoms with Gasteiger partial charge in [-0.05, 0) is 46.3 Å². The van der Waals surface area contributed by atoms with Crippen LogP contribution in [0.25, 0.3) is 6.08 Å². The lowest BCUT2D eigenvalue weighted by atomic mass is 10.1. The van der Waals surface area contributed by atoms with Crippen LogP contribution in [-0.4, -0.2) is 38.3 Å². The molecule has 0 saturated heterocycles. The molecule has 2 aromatic rings.